The second kappa shape index (κ2) is 8.36. The third-order valence-electron chi connectivity index (χ3n) is 3.73. The summed E-state index contributed by atoms with van der Waals surface area (Å²) < 4.78 is 5.04. The third-order valence-corrected chi connectivity index (χ3v) is 3.98. The first kappa shape index (κ1) is 17.8. The van der Waals surface area contributed by atoms with Crippen LogP contribution in [0.3, 0.4) is 0 Å². The third kappa shape index (κ3) is 4.97. The van der Waals surface area contributed by atoms with Gasteiger partial charge in [-0.05, 0) is 60.5 Å². The fraction of sp³-hybridized carbons (Fsp3) is 0.100. The monoisotopic (exact) mass is 368 g/mol. The lowest BCUT2D eigenvalue weighted by Crippen LogP contribution is -2.13. The van der Waals surface area contributed by atoms with Crippen molar-refractivity contribution in [3.05, 3.63) is 83.3 Å². The largest absolute Gasteiger partial charge is 0.459 e. The number of aryl methyl sites for hydroxylation is 1. The van der Waals surface area contributed by atoms with Crippen molar-refractivity contribution in [3.8, 4) is 0 Å². The van der Waals surface area contributed by atoms with Crippen LogP contribution in [0.2, 0.25) is 5.02 Å². The molecule has 2 N–H and O–H groups in total. The average molecular weight is 369 g/mol. The van der Waals surface area contributed by atoms with Gasteiger partial charge in [-0.25, -0.2) is 0 Å². The maximum absolute atomic E-state index is 12.1. The van der Waals surface area contributed by atoms with E-state index in [0.29, 0.717) is 29.2 Å². The van der Waals surface area contributed by atoms with Crippen molar-refractivity contribution in [1.29, 1.82) is 0 Å². The maximum atomic E-state index is 12.1. The molecule has 0 radical (unpaired) electrons. The molecule has 0 aliphatic heterocycles. The van der Waals surface area contributed by atoms with E-state index < -0.39 is 0 Å². The molecule has 26 heavy (non-hydrogen) atoms. The summed E-state index contributed by atoms with van der Waals surface area (Å²) in [7, 11) is 0. The van der Waals surface area contributed by atoms with Gasteiger partial charge in [-0.1, -0.05) is 23.7 Å². The molecule has 0 aliphatic carbocycles. The minimum atomic E-state index is -0.324. The molecule has 0 unspecified atom stereocenters. The zero-order chi connectivity index (χ0) is 18.4. The van der Waals surface area contributed by atoms with Crippen molar-refractivity contribution in [2.24, 2.45) is 0 Å². The summed E-state index contributed by atoms with van der Waals surface area (Å²) in [6.45, 7) is 0. The van der Waals surface area contributed by atoms with Gasteiger partial charge in [-0.3, -0.25) is 9.59 Å². The van der Waals surface area contributed by atoms with E-state index in [1.165, 1.54) is 6.26 Å². The maximum Gasteiger partial charge on any atom is 0.291 e. The predicted molar refractivity (Wildman–Crippen MR) is 102 cm³/mol. The van der Waals surface area contributed by atoms with Gasteiger partial charge in [0.15, 0.2) is 5.76 Å². The number of rotatable bonds is 6. The van der Waals surface area contributed by atoms with E-state index in [9.17, 15) is 9.59 Å². The van der Waals surface area contributed by atoms with Crippen LogP contribution in [-0.2, 0) is 11.2 Å². The van der Waals surface area contributed by atoms with Crippen molar-refractivity contribution < 1.29 is 14.0 Å². The van der Waals surface area contributed by atoms with E-state index in [1.807, 2.05) is 24.3 Å². The first-order valence-electron chi connectivity index (χ1n) is 8.09. The summed E-state index contributed by atoms with van der Waals surface area (Å²) in [5.74, 6) is -0.161. The smallest absolute Gasteiger partial charge is 0.291 e. The molecule has 0 saturated carbocycles. The minimum absolute atomic E-state index is 0.0766. The van der Waals surface area contributed by atoms with Gasteiger partial charge in [-0.15, -0.1) is 0 Å². The molecule has 0 bridgehead atoms. The molecule has 0 aliphatic rings. The zero-order valence-corrected chi connectivity index (χ0v) is 14.6. The van der Waals surface area contributed by atoms with E-state index in [-0.39, 0.29) is 17.6 Å². The van der Waals surface area contributed by atoms with Crippen LogP contribution in [0.5, 0.6) is 0 Å². The van der Waals surface area contributed by atoms with E-state index in [4.69, 9.17) is 16.0 Å². The first-order chi connectivity index (χ1) is 12.6. The highest BCUT2D eigenvalue weighted by Crippen LogP contribution is 2.16. The fourth-order valence-electron chi connectivity index (χ4n) is 2.37. The Hall–Kier alpha value is -3.05. The molecule has 2 aromatic carbocycles. The Morgan fingerprint density at radius 1 is 0.885 bits per heavy atom. The lowest BCUT2D eigenvalue weighted by atomic mass is 10.1. The van der Waals surface area contributed by atoms with Crippen LogP contribution in [0.1, 0.15) is 22.5 Å². The Bertz CT molecular complexity index is 872. The minimum Gasteiger partial charge on any atom is -0.459 e. The lowest BCUT2D eigenvalue weighted by Gasteiger charge is -2.07. The lowest BCUT2D eigenvalue weighted by molar-refractivity contribution is -0.116. The number of benzene rings is 2. The van der Waals surface area contributed by atoms with E-state index >= 15 is 0 Å². The summed E-state index contributed by atoms with van der Waals surface area (Å²) in [6.07, 6.45) is 2.45. The van der Waals surface area contributed by atoms with Crippen LogP contribution in [0.15, 0.2) is 71.3 Å². The molecule has 3 rings (SSSR count). The van der Waals surface area contributed by atoms with Gasteiger partial charge < -0.3 is 15.1 Å². The van der Waals surface area contributed by atoms with Gasteiger partial charge in [0.25, 0.3) is 5.91 Å². The highest BCUT2D eigenvalue weighted by molar-refractivity contribution is 6.30. The highest BCUT2D eigenvalue weighted by atomic mass is 35.5. The topological polar surface area (TPSA) is 71.3 Å². The van der Waals surface area contributed by atoms with Crippen LogP contribution in [0.4, 0.5) is 11.4 Å². The van der Waals surface area contributed by atoms with Crippen molar-refractivity contribution in [2.75, 3.05) is 10.6 Å². The second-order valence-electron chi connectivity index (χ2n) is 5.68. The molecule has 1 aromatic heterocycles. The SMILES string of the molecule is O=C(CCc1ccc(Cl)cc1)Nc1ccc(NC(=O)c2ccco2)cc1. The number of halogens is 1. The van der Waals surface area contributed by atoms with Crippen LogP contribution in [-0.4, -0.2) is 11.8 Å². The van der Waals surface area contributed by atoms with E-state index in [0.717, 1.165) is 5.56 Å². The van der Waals surface area contributed by atoms with E-state index in [1.54, 1.807) is 36.4 Å². The molecule has 5 nitrogen and oxygen atoms in total. The molecule has 0 fully saturated rings. The van der Waals surface area contributed by atoms with Crippen molar-refractivity contribution in [2.45, 2.75) is 12.8 Å². The number of carbonyl (C=O) groups excluding carboxylic acids is 2. The number of carbonyl (C=O) groups is 2. The Kier molecular flexibility index (Phi) is 5.71. The van der Waals surface area contributed by atoms with Gasteiger partial charge in [0, 0.05) is 22.8 Å². The van der Waals surface area contributed by atoms with Gasteiger partial charge in [0.2, 0.25) is 5.91 Å². The number of anilines is 2. The van der Waals surface area contributed by atoms with Crippen LogP contribution in [0, 0.1) is 0 Å². The average Bonchev–Trinajstić information content (AvgIpc) is 3.18. The van der Waals surface area contributed by atoms with Gasteiger partial charge in [0.05, 0.1) is 6.26 Å². The number of hydrogen-bond donors (Lipinski definition) is 2. The predicted octanol–water partition coefficient (Wildman–Crippen LogP) is 4.76. The number of nitrogens with one attached hydrogen (secondary N) is 2. The Balaban J connectivity index is 1.49. The molecular formula is C20H17ClN2O3. The van der Waals surface area contributed by atoms with Crippen molar-refractivity contribution in [3.63, 3.8) is 0 Å². The zero-order valence-electron chi connectivity index (χ0n) is 13.9. The Morgan fingerprint density at radius 2 is 1.54 bits per heavy atom. The molecule has 0 spiro atoms. The van der Waals surface area contributed by atoms with Gasteiger partial charge >= 0.3 is 0 Å². The Labute approximate surface area is 156 Å². The molecule has 2 amide bonds. The van der Waals surface area contributed by atoms with Crippen LogP contribution < -0.4 is 10.6 Å². The molecular weight excluding hydrogens is 352 g/mol. The molecule has 3 aromatic rings. The first-order valence-corrected chi connectivity index (χ1v) is 8.47. The van der Waals surface area contributed by atoms with Gasteiger partial charge in [0.1, 0.15) is 0 Å². The molecule has 1 heterocycles. The summed E-state index contributed by atoms with van der Waals surface area (Å²) in [4.78, 5) is 23.9. The fourth-order valence-corrected chi connectivity index (χ4v) is 2.50. The van der Waals surface area contributed by atoms with Crippen LogP contribution >= 0.6 is 11.6 Å². The Morgan fingerprint density at radius 3 is 2.15 bits per heavy atom. The van der Waals surface area contributed by atoms with Crippen molar-refractivity contribution in [1.82, 2.24) is 0 Å². The van der Waals surface area contributed by atoms with Crippen LogP contribution in [0.25, 0.3) is 0 Å². The van der Waals surface area contributed by atoms with Crippen molar-refractivity contribution >= 4 is 34.8 Å². The standard InChI is InChI=1S/C20H17ClN2O3/c21-15-6-3-14(4-7-15)5-12-19(24)22-16-8-10-17(11-9-16)23-20(25)18-2-1-13-26-18/h1-4,6-11,13H,5,12H2,(H,22,24)(H,23,25). The number of hydrogen-bond acceptors (Lipinski definition) is 3. The highest BCUT2D eigenvalue weighted by Gasteiger charge is 2.09. The number of amides is 2. The molecule has 132 valence electrons. The number of furan rings is 1. The normalized spacial score (nSPS) is 10.3. The summed E-state index contributed by atoms with van der Waals surface area (Å²) >= 11 is 5.84. The summed E-state index contributed by atoms with van der Waals surface area (Å²) in [5.41, 5.74) is 2.34. The summed E-state index contributed by atoms with van der Waals surface area (Å²) in [6, 6.07) is 17.6. The molecule has 6 heteroatoms. The molecule has 0 saturated heterocycles. The summed E-state index contributed by atoms with van der Waals surface area (Å²) in [5, 5.41) is 6.23. The van der Waals surface area contributed by atoms with E-state index in [2.05, 4.69) is 10.6 Å². The second-order valence-corrected chi connectivity index (χ2v) is 6.12. The van der Waals surface area contributed by atoms with Gasteiger partial charge in [-0.2, -0.15) is 0 Å². The molecule has 0 atom stereocenters. The quantitative estimate of drug-likeness (QED) is 0.659.